The normalized spacial score (nSPS) is 28.8. The molecule has 0 amide bonds. The Kier molecular flexibility index (Phi) is 2.04. The zero-order valence-electron chi connectivity index (χ0n) is 5.08. The zero-order chi connectivity index (χ0) is 6.85. The van der Waals surface area contributed by atoms with Gasteiger partial charge >= 0.3 is 5.97 Å². The SMILES string of the molecule is O=C(O)[C@@H]1CCCN1P. The highest BCUT2D eigenvalue weighted by Gasteiger charge is 2.26. The number of rotatable bonds is 1. The van der Waals surface area contributed by atoms with E-state index in [9.17, 15) is 4.79 Å². The summed E-state index contributed by atoms with van der Waals surface area (Å²) < 4.78 is 1.79. The second kappa shape index (κ2) is 2.63. The third-order valence-electron chi connectivity index (χ3n) is 1.58. The van der Waals surface area contributed by atoms with Gasteiger partial charge in [0.05, 0.1) is 0 Å². The van der Waals surface area contributed by atoms with E-state index in [1.807, 2.05) is 0 Å². The van der Waals surface area contributed by atoms with Crippen LogP contribution >= 0.6 is 9.39 Å². The zero-order valence-corrected chi connectivity index (χ0v) is 6.23. The molecule has 4 heteroatoms. The highest BCUT2D eigenvalue weighted by Crippen LogP contribution is 2.20. The quantitative estimate of drug-likeness (QED) is 0.543. The monoisotopic (exact) mass is 147 g/mol. The number of carboxylic acids is 1. The first-order chi connectivity index (χ1) is 4.22. The summed E-state index contributed by atoms with van der Waals surface area (Å²) in [6.07, 6.45) is 1.79. The van der Waals surface area contributed by atoms with Crippen LogP contribution in [0.2, 0.25) is 0 Å². The molecule has 0 aromatic rings. The molecule has 0 aromatic heterocycles. The van der Waals surface area contributed by atoms with Gasteiger partial charge in [0.15, 0.2) is 0 Å². The van der Waals surface area contributed by atoms with Gasteiger partial charge in [-0.05, 0) is 12.8 Å². The van der Waals surface area contributed by atoms with Crippen molar-refractivity contribution >= 4 is 15.4 Å². The highest BCUT2D eigenvalue weighted by molar-refractivity contribution is 7.13. The van der Waals surface area contributed by atoms with Crippen molar-refractivity contribution in [3.05, 3.63) is 0 Å². The van der Waals surface area contributed by atoms with Crippen LogP contribution in [0.4, 0.5) is 0 Å². The standard InChI is InChI=1S/C5H10NO2P/c7-5(8)4-2-1-3-6(4)9/h4H,1-3,9H2,(H,7,8)/t4-/m0/s1. The highest BCUT2D eigenvalue weighted by atomic mass is 31.0. The lowest BCUT2D eigenvalue weighted by molar-refractivity contribution is -0.140. The van der Waals surface area contributed by atoms with Gasteiger partial charge in [-0.15, -0.1) is 0 Å². The van der Waals surface area contributed by atoms with Crippen LogP contribution in [-0.2, 0) is 4.79 Å². The smallest absolute Gasteiger partial charge is 0.321 e. The van der Waals surface area contributed by atoms with E-state index in [1.54, 1.807) is 4.67 Å². The molecule has 1 heterocycles. The third kappa shape index (κ3) is 1.41. The van der Waals surface area contributed by atoms with Crippen molar-refractivity contribution in [3.63, 3.8) is 0 Å². The molecule has 1 unspecified atom stereocenters. The molecule has 1 fully saturated rings. The van der Waals surface area contributed by atoms with Crippen molar-refractivity contribution in [1.29, 1.82) is 0 Å². The number of hydrogen-bond donors (Lipinski definition) is 1. The molecule has 0 aromatic carbocycles. The lowest BCUT2D eigenvalue weighted by Gasteiger charge is -2.12. The van der Waals surface area contributed by atoms with E-state index in [1.165, 1.54) is 0 Å². The van der Waals surface area contributed by atoms with E-state index in [-0.39, 0.29) is 6.04 Å². The van der Waals surface area contributed by atoms with Crippen LogP contribution in [0.25, 0.3) is 0 Å². The Morgan fingerprint density at radius 3 is 2.67 bits per heavy atom. The van der Waals surface area contributed by atoms with Crippen LogP contribution in [0, 0.1) is 0 Å². The van der Waals surface area contributed by atoms with Crippen molar-refractivity contribution in [2.75, 3.05) is 6.54 Å². The number of hydrogen-bond acceptors (Lipinski definition) is 2. The second-order valence-corrected chi connectivity index (χ2v) is 2.90. The average molecular weight is 147 g/mol. The van der Waals surface area contributed by atoms with Crippen LogP contribution in [0.1, 0.15) is 12.8 Å². The summed E-state index contributed by atoms with van der Waals surface area (Å²) in [5.74, 6) is -0.706. The molecule has 1 aliphatic rings. The van der Waals surface area contributed by atoms with Gasteiger partial charge in [-0.2, -0.15) is 0 Å². The molecule has 3 nitrogen and oxygen atoms in total. The van der Waals surface area contributed by atoms with Gasteiger partial charge < -0.3 is 5.11 Å². The van der Waals surface area contributed by atoms with Gasteiger partial charge in [0.25, 0.3) is 0 Å². The maximum absolute atomic E-state index is 10.4. The molecule has 9 heavy (non-hydrogen) atoms. The van der Waals surface area contributed by atoms with E-state index < -0.39 is 5.97 Å². The fourth-order valence-corrected chi connectivity index (χ4v) is 1.51. The first-order valence-electron chi connectivity index (χ1n) is 2.96. The summed E-state index contributed by atoms with van der Waals surface area (Å²) in [6.45, 7) is 0.891. The van der Waals surface area contributed by atoms with Crippen LogP contribution in [0.15, 0.2) is 0 Å². The summed E-state index contributed by atoms with van der Waals surface area (Å²) in [6, 6.07) is -0.255. The van der Waals surface area contributed by atoms with Crippen molar-refractivity contribution in [2.24, 2.45) is 0 Å². The molecular formula is C5H10NO2P. The maximum atomic E-state index is 10.4. The van der Waals surface area contributed by atoms with Crippen LogP contribution in [0.5, 0.6) is 0 Å². The van der Waals surface area contributed by atoms with Crippen LogP contribution in [0.3, 0.4) is 0 Å². The Morgan fingerprint density at radius 1 is 1.78 bits per heavy atom. The molecule has 1 rings (SSSR count). The van der Waals surface area contributed by atoms with Crippen molar-refractivity contribution < 1.29 is 9.90 Å². The molecule has 1 saturated heterocycles. The molecule has 0 spiro atoms. The van der Waals surface area contributed by atoms with Crippen molar-refractivity contribution in [3.8, 4) is 0 Å². The largest absolute Gasteiger partial charge is 0.480 e. The maximum Gasteiger partial charge on any atom is 0.321 e. The fourth-order valence-electron chi connectivity index (χ4n) is 1.05. The van der Waals surface area contributed by atoms with Gasteiger partial charge in [0.2, 0.25) is 0 Å². The average Bonchev–Trinajstić information content (AvgIpc) is 2.13. The van der Waals surface area contributed by atoms with Gasteiger partial charge in [-0.3, -0.25) is 9.46 Å². The van der Waals surface area contributed by atoms with E-state index in [0.29, 0.717) is 0 Å². The summed E-state index contributed by atoms with van der Waals surface area (Å²) in [5.41, 5.74) is 0. The minimum absolute atomic E-state index is 0.255. The molecule has 2 atom stereocenters. The Hall–Kier alpha value is -0.140. The summed E-state index contributed by atoms with van der Waals surface area (Å²) in [4.78, 5) is 10.4. The van der Waals surface area contributed by atoms with Gasteiger partial charge in [0.1, 0.15) is 6.04 Å². The Morgan fingerprint density at radius 2 is 2.44 bits per heavy atom. The molecule has 1 N–H and O–H groups in total. The Bertz CT molecular complexity index is 128. The predicted molar refractivity (Wildman–Crippen MR) is 37.1 cm³/mol. The first-order valence-corrected chi connectivity index (χ1v) is 3.47. The first kappa shape index (κ1) is 6.97. The van der Waals surface area contributed by atoms with E-state index in [4.69, 9.17) is 5.11 Å². The third-order valence-corrected chi connectivity index (χ3v) is 2.20. The lowest BCUT2D eigenvalue weighted by Crippen LogP contribution is -2.28. The Labute approximate surface area is 56.3 Å². The van der Waals surface area contributed by atoms with Gasteiger partial charge in [0, 0.05) is 6.54 Å². The summed E-state index contributed by atoms with van der Waals surface area (Å²) in [7, 11) is 2.43. The number of carboxylic acid groups (broad SMARTS) is 1. The molecule has 0 radical (unpaired) electrons. The topological polar surface area (TPSA) is 40.5 Å². The molecule has 0 aliphatic carbocycles. The van der Waals surface area contributed by atoms with E-state index in [2.05, 4.69) is 9.39 Å². The van der Waals surface area contributed by atoms with Crippen LogP contribution in [-0.4, -0.2) is 28.3 Å². The minimum Gasteiger partial charge on any atom is -0.480 e. The number of carbonyl (C=O) groups is 1. The summed E-state index contributed by atoms with van der Waals surface area (Å²) >= 11 is 0. The molecule has 1 aliphatic heterocycles. The fraction of sp³-hybridized carbons (Fsp3) is 0.800. The molecular weight excluding hydrogens is 137 g/mol. The van der Waals surface area contributed by atoms with E-state index in [0.717, 1.165) is 19.4 Å². The lowest BCUT2D eigenvalue weighted by atomic mass is 10.2. The number of nitrogens with zero attached hydrogens (tertiary/aromatic N) is 1. The molecule has 52 valence electrons. The number of aliphatic carboxylic acids is 1. The van der Waals surface area contributed by atoms with Crippen LogP contribution < -0.4 is 0 Å². The molecule has 0 saturated carbocycles. The van der Waals surface area contributed by atoms with E-state index >= 15 is 0 Å². The second-order valence-electron chi connectivity index (χ2n) is 2.23. The Balaban J connectivity index is 2.49. The van der Waals surface area contributed by atoms with Crippen molar-refractivity contribution in [1.82, 2.24) is 4.67 Å². The molecule has 0 bridgehead atoms. The van der Waals surface area contributed by atoms with Gasteiger partial charge in [-0.1, -0.05) is 9.39 Å². The minimum atomic E-state index is -0.706. The predicted octanol–water partition coefficient (Wildman–Crippen LogP) is 0.325. The van der Waals surface area contributed by atoms with Crippen molar-refractivity contribution in [2.45, 2.75) is 18.9 Å². The van der Waals surface area contributed by atoms with Gasteiger partial charge in [-0.25, -0.2) is 0 Å². The summed E-state index contributed by atoms with van der Waals surface area (Å²) in [5, 5.41) is 8.53.